The predicted octanol–water partition coefficient (Wildman–Crippen LogP) is 3.14. The minimum Gasteiger partial charge on any atom is -0.497 e. The summed E-state index contributed by atoms with van der Waals surface area (Å²) in [7, 11) is 1.63. The summed E-state index contributed by atoms with van der Waals surface area (Å²) < 4.78 is 5.24. The Balaban J connectivity index is 2.10. The highest BCUT2D eigenvalue weighted by Gasteiger charge is 2.21. The van der Waals surface area contributed by atoms with E-state index in [1.54, 1.807) is 7.11 Å². The molecule has 162 valence electrons. The Hall–Kier alpha value is -2.86. The third kappa shape index (κ3) is 7.52. The average molecular weight is 412 g/mol. The number of carbonyl (C=O) groups excluding carboxylic acids is 2. The van der Waals surface area contributed by atoms with Crippen LogP contribution in [0.4, 0.5) is 0 Å². The van der Waals surface area contributed by atoms with Crippen molar-refractivity contribution in [2.75, 3.05) is 26.7 Å². The van der Waals surface area contributed by atoms with E-state index in [0.29, 0.717) is 6.54 Å². The summed E-state index contributed by atoms with van der Waals surface area (Å²) in [6.45, 7) is 8.68. The molecule has 6 heteroatoms. The summed E-state index contributed by atoms with van der Waals surface area (Å²) in [6, 6.07) is 17.2. The monoisotopic (exact) mass is 411 g/mol. The van der Waals surface area contributed by atoms with Crippen molar-refractivity contribution in [2.45, 2.75) is 39.3 Å². The normalized spacial score (nSPS) is 12.3. The van der Waals surface area contributed by atoms with Gasteiger partial charge in [-0.15, -0.1) is 0 Å². The van der Waals surface area contributed by atoms with Gasteiger partial charge in [0.25, 0.3) is 0 Å². The summed E-state index contributed by atoms with van der Waals surface area (Å²) in [6.07, 6.45) is 0. The Morgan fingerprint density at radius 2 is 1.50 bits per heavy atom. The van der Waals surface area contributed by atoms with E-state index in [0.717, 1.165) is 16.9 Å². The highest BCUT2D eigenvalue weighted by Crippen LogP contribution is 2.24. The smallest absolute Gasteiger partial charge is 0.234 e. The van der Waals surface area contributed by atoms with Crippen LogP contribution in [0.1, 0.15) is 44.9 Å². The first-order chi connectivity index (χ1) is 14.2. The molecule has 2 rings (SSSR count). The second-order valence-corrected chi connectivity index (χ2v) is 8.29. The van der Waals surface area contributed by atoms with Crippen LogP contribution in [0.2, 0.25) is 0 Å². The topological polar surface area (TPSA) is 70.7 Å². The van der Waals surface area contributed by atoms with Crippen molar-refractivity contribution < 1.29 is 14.3 Å². The van der Waals surface area contributed by atoms with Gasteiger partial charge in [-0.2, -0.15) is 0 Å². The molecule has 0 spiro atoms. The minimum atomic E-state index is -0.300. The largest absolute Gasteiger partial charge is 0.497 e. The summed E-state index contributed by atoms with van der Waals surface area (Å²) >= 11 is 0. The molecule has 6 nitrogen and oxygen atoms in total. The molecule has 0 aliphatic rings. The number of hydrogen-bond acceptors (Lipinski definition) is 4. The first-order valence-corrected chi connectivity index (χ1v) is 10.2. The third-order valence-corrected chi connectivity index (χ3v) is 4.58. The summed E-state index contributed by atoms with van der Waals surface area (Å²) in [5.41, 5.74) is 1.65. The van der Waals surface area contributed by atoms with Crippen LogP contribution < -0.4 is 15.4 Å². The van der Waals surface area contributed by atoms with Crippen molar-refractivity contribution in [3.63, 3.8) is 0 Å². The van der Waals surface area contributed by atoms with E-state index in [9.17, 15) is 9.59 Å². The predicted molar refractivity (Wildman–Crippen MR) is 119 cm³/mol. The molecule has 0 fully saturated rings. The number of hydrogen-bond donors (Lipinski definition) is 2. The molecule has 2 N–H and O–H groups in total. The quantitative estimate of drug-likeness (QED) is 0.665. The van der Waals surface area contributed by atoms with Crippen molar-refractivity contribution in [1.29, 1.82) is 0 Å². The Labute approximate surface area is 179 Å². The SMILES string of the molecule is CCN(CC(=O)N[C@H](c1ccccc1)c1ccc(OC)cc1)CC(=O)NC(C)(C)C. The third-order valence-electron chi connectivity index (χ3n) is 4.58. The molecule has 1 atom stereocenters. The molecular formula is C24H33N3O3. The van der Waals surface area contributed by atoms with Gasteiger partial charge in [0.15, 0.2) is 0 Å². The number of rotatable bonds is 9. The van der Waals surface area contributed by atoms with Gasteiger partial charge in [-0.25, -0.2) is 0 Å². The molecule has 0 bridgehead atoms. The molecule has 0 saturated heterocycles. The van der Waals surface area contributed by atoms with Gasteiger partial charge in [-0.3, -0.25) is 14.5 Å². The fourth-order valence-electron chi connectivity index (χ4n) is 3.15. The van der Waals surface area contributed by atoms with Crippen molar-refractivity contribution >= 4 is 11.8 Å². The molecular weight excluding hydrogens is 378 g/mol. The zero-order valence-corrected chi connectivity index (χ0v) is 18.6. The maximum atomic E-state index is 12.9. The number of nitrogens with one attached hydrogen (secondary N) is 2. The molecule has 0 unspecified atom stereocenters. The zero-order chi connectivity index (χ0) is 22.1. The molecule has 0 heterocycles. The highest BCUT2D eigenvalue weighted by atomic mass is 16.5. The van der Waals surface area contributed by atoms with Crippen molar-refractivity contribution in [2.24, 2.45) is 0 Å². The van der Waals surface area contributed by atoms with E-state index in [2.05, 4.69) is 10.6 Å². The highest BCUT2D eigenvalue weighted by molar-refractivity contribution is 5.82. The van der Waals surface area contributed by atoms with Crippen LogP contribution in [-0.2, 0) is 9.59 Å². The van der Waals surface area contributed by atoms with Gasteiger partial charge in [-0.05, 0) is 50.6 Å². The average Bonchev–Trinajstić information content (AvgIpc) is 2.71. The van der Waals surface area contributed by atoms with Gasteiger partial charge >= 0.3 is 0 Å². The van der Waals surface area contributed by atoms with Crippen molar-refractivity contribution in [3.05, 3.63) is 65.7 Å². The Bertz CT molecular complexity index is 814. The lowest BCUT2D eigenvalue weighted by Crippen LogP contribution is -2.48. The van der Waals surface area contributed by atoms with Gasteiger partial charge in [0, 0.05) is 5.54 Å². The van der Waals surface area contributed by atoms with E-state index in [1.807, 2.05) is 87.2 Å². The van der Waals surface area contributed by atoms with Crippen LogP contribution in [0.3, 0.4) is 0 Å². The van der Waals surface area contributed by atoms with Gasteiger partial charge < -0.3 is 15.4 Å². The van der Waals surface area contributed by atoms with Gasteiger partial charge in [0.1, 0.15) is 5.75 Å². The number of amides is 2. The second kappa shape index (κ2) is 10.8. The number of methoxy groups -OCH3 is 1. The lowest BCUT2D eigenvalue weighted by Gasteiger charge is -2.26. The number of benzene rings is 2. The fraction of sp³-hybridized carbons (Fsp3) is 0.417. The lowest BCUT2D eigenvalue weighted by atomic mass is 9.98. The summed E-state index contributed by atoms with van der Waals surface area (Å²) in [5.74, 6) is 0.538. The van der Waals surface area contributed by atoms with Crippen LogP contribution in [0, 0.1) is 0 Å². The molecule has 0 aliphatic heterocycles. The van der Waals surface area contributed by atoms with E-state index in [-0.39, 0.29) is 36.5 Å². The molecule has 0 saturated carbocycles. The number of ether oxygens (including phenoxy) is 1. The van der Waals surface area contributed by atoms with Crippen LogP contribution in [0.25, 0.3) is 0 Å². The maximum absolute atomic E-state index is 12.9. The standard InChI is InChI=1S/C24H33N3O3/c1-6-27(17-22(29)26-24(2,3)4)16-21(28)25-23(18-10-8-7-9-11-18)19-12-14-20(30-5)15-13-19/h7-15,23H,6,16-17H2,1-5H3,(H,25,28)(H,26,29)/t23-/m1/s1. The lowest BCUT2D eigenvalue weighted by molar-refractivity contribution is -0.126. The number of carbonyl (C=O) groups is 2. The molecule has 0 aromatic heterocycles. The number of likely N-dealkylation sites (N-methyl/N-ethyl adjacent to an activating group) is 1. The minimum absolute atomic E-state index is 0.0908. The van der Waals surface area contributed by atoms with E-state index < -0.39 is 0 Å². The first kappa shape index (κ1) is 23.4. The second-order valence-electron chi connectivity index (χ2n) is 8.29. The van der Waals surface area contributed by atoms with Crippen LogP contribution in [0.15, 0.2) is 54.6 Å². The van der Waals surface area contributed by atoms with Gasteiger partial charge in [0.05, 0.1) is 26.2 Å². The van der Waals surface area contributed by atoms with Gasteiger partial charge in [0.2, 0.25) is 11.8 Å². The van der Waals surface area contributed by atoms with Crippen LogP contribution >= 0.6 is 0 Å². The Morgan fingerprint density at radius 1 is 0.933 bits per heavy atom. The Kier molecular flexibility index (Phi) is 8.42. The summed E-state index contributed by atoms with van der Waals surface area (Å²) in [4.78, 5) is 26.9. The van der Waals surface area contributed by atoms with Crippen molar-refractivity contribution in [1.82, 2.24) is 15.5 Å². The van der Waals surface area contributed by atoms with Crippen LogP contribution in [-0.4, -0.2) is 49.0 Å². The fourth-order valence-corrected chi connectivity index (χ4v) is 3.15. The molecule has 2 aromatic carbocycles. The molecule has 0 radical (unpaired) electrons. The maximum Gasteiger partial charge on any atom is 0.234 e. The Morgan fingerprint density at radius 3 is 2.03 bits per heavy atom. The van der Waals surface area contributed by atoms with Crippen molar-refractivity contribution in [3.8, 4) is 5.75 Å². The summed E-state index contributed by atoms with van der Waals surface area (Å²) in [5, 5.41) is 6.06. The molecule has 30 heavy (non-hydrogen) atoms. The van der Waals surface area contributed by atoms with E-state index in [1.165, 1.54) is 0 Å². The van der Waals surface area contributed by atoms with E-state index >= 15 is 0 Å². The van der Waals surface area contributed by atoms with Crippen LogP contribution in [0.5, 0.6) is 5.75 Å². The molecule has 2 amide bonds. The van der Waals surface area contributed by atoms with Gasteiger partial charge in [-0.1, -0.05) is 49.4 Å². The van der Waals surface area contributed by atoms with E-state index in [4.69, 9.17) is 4.74 Å². The molecule has 0 aliphatic carbocycles. The zero-order valence-electron chi connectivity index (χ0n) is 18.6. The molecule has 2 aromatic rings. The first-order valence-electron chi connectivity index (χ1n) is 10.2. The number of nitrogens with zero attached hydrogens (tertiary/aromatic N) is 1.